The summed E-state index contributed by atoms with van der Waals surface area (Å²) in [6, 6.07) is 6.13. The number of aryl methyl sites for hydroxylation is 3. The van der Waals surface area contributed by atoms with Crippen molar-refractivity contribution in [2.45, 2.75) is 39.1 Å². The van der Waals surface area contributed by atoms with E-state index < -0.39 is 10.0 Å². The van der Waals surface area contributed by atoms with Crippen LogP contribution in [-0.2, 0) is 23.6 Å². The van der Waals surface area contributed by atoms with Crippen molar-refractivity contribution in [2.75, 3.05) is 4.72 Å². The van der Waals surface area contributed by atoms with Gasteiger partial charge in [-0.15, -0.1) is 0 Å². The third kappa shape index (κ3) is 3.59. The molecule has 0 atom stereocenters. The van der Waals surface area contributed by atoms with E-state index in [1.54, 1.807) is 56.2 Å². The maximum Gasteiger partial charge on any atom is 0.265 e. The van der Waals surface area contributed by atoms with Crippen LogP contribution in [0.5, 0.6) is 0 Å². The smallest absolute Gasteiger partial charge is 0.265 e. The Hall–Kier alpha value is -2.68. The molecule has 3 aromatic rings. The highest BCUT2D eigenvalue weighted by atomic mass is 32.2. The average Bonchev–Trinajstić information content (AvgIpc) is 2.99. The second-order valence-corrected chi connectivity index (χ2v) is 8.18. The van der Waals surface area contributed by atoms with Crippen molar-refractivity contribution < 1.29 is 12.8 Å². The van der Waals surface area contributed by atoms with Crippen LogP contribution in [0.2, 0.25) is 0 Å². The number of nitrogens with one attached hydrogen (secondary N) is 1. The number of halogens is 1. The monoisotopic (exact) mass is 391 g/mol. The Morgan fingerprint density at radius 3 is 2.19 bits per heavy atom. The zero-order valence-corrected chi connectivity index (χ0v) is 16.7. The van der Waals surface area contributed by atoms with Crippen LogP contribution >= 0.6 is 0 Å². The molecular weight excluding hydrogens is 369 g/mol. The molecule has 0 fully saturated rings. The molecule has 2 heterocycles. The number of anilines is 1. The largest absolute Gasteiger partial charge is 0.276 e. The molecule has 0 radical (unpaired) electrons. The van der Waals surface area contributed by atoms with Crippen molar-refractivity contribution in [1.29, 1.82) is 0 Å². The number of hydrogen-bond donors (Lipinski definition) is 1. The highest BCUT2D eigenvalue weighted by molar-refractivity contribution is 7.92. The van der Waals surface area contributed by atoms with Crippen molar-refractivity contribution in [1.82, 2.24) is 19.6 Å². The number of nitrogens with zero attached hydrogens (tertiary/aromatic N) is 4. The predicted molar refractivity (Wildman–Crippen MR) is 101 cm³/mol. The fourth-order valence-electron chi connectivity index (χ4n) is 3.09. The van der Waals surface area contributed by atoms with Gasteiger partial charge in [0.2, 0.25) is 0 Å². The highest BCUT2D eigenvalue weighted by Gasteiger charge is 2.26. The topological polar surface area (TPSA) is 81.8 Å². The number of sulfonamides is 1. The lowest BCUT2D eigenvalue weighted by Crippen LogP contribution is -2.16. The van der Waals surface area contributed by atoms with E-state index in [-0.39, 0.29) is 10.7 Å². The summed E-state index contributed by atoms with van der Waals surface area (Å²) >= 11 is 0. The van der Waals surface area contributed by atoms with Gasteiger partial charge in [0.1, 0.15) is 10.7 Å². The van der Waals surface area contributed by atoms with Crippen LogP contribution in [-0.4, -0.2) is 28.0 Å². The molecule has 0 amide bonds. The number of rotatable bonds is 5. The lowest BCUT2D eigenvalue weighted by Gasteiger charge is -2.10. The molecule has 7 nitrogen and oxygen atoms in total. The van der Waals surface area contributed by atoms with Gasteiger partial charge in [0.15, 0.2) is 0 Å². The SMILES string of the molecule is Cc1nn(Cc2ccc(F)cc2)c(C)c1NS(=O)(=O)c1c(C)nn(C)c1C. The molecule has 0 bridgehead atoms. The van der Waals surface area contributed by atoms with Gasteiger partial charge in [0.25, 0.3) is 10.0 Å². The van der Waals surface area contributed by atoms with Gasteiger partial charge in [-0.25, -0.2) is 12.8 Å². The first-order chi connectivity index (χ1) is 12.6. The van der Waals surface area contributed by atoms with Gasteiger partial charge in [0.05, 0.1) is 35.0 Å². The summed E-state index contributed by atoms with van der Waals surface area (Å²) < 4.78 is 44.8. The molecule has 2 aromatic heterocycles. The van der Waals surface area contributed by atoms with Crippen molar-refractivity contribution in [3.8, 4) is 0 Å². The molecule has 9 heteroatoms. The third-order valence-corrected chi connectivity index (χ3v) is 6.18. The first-order valence-electron chi connectivity index (χ1n) is 8.41. The molecule has 0 unspecified atom stereocenters. The lowest BCUT2D eigenvalue weighted by atomic mass is 10.2. The summed E-state index contributed by atoms with van der Waals surface area (Å²) in [5.41, 5.74) is 3.57. The van der Waals surface area contributed by atoms with E-state index in [2.05, 4.69) is 14.9 Å². The van der Waals surface area contributed by atoms with E-state index in [1.807, 2.05) is 0 Å². The molecule has 0 spiro atoms. The minimum atomic E-state index is -3.80. The number of aromatic nitrogens is 4. The Morgan fingerprint density at radius 2 is 1.63 bits per heavy atom. The fraction of sp³-hybridized carbons (Fsp3) is 0.333. The third-order valence-electron chi connectivity index (χ3n) is 4.57. The molecule has 1 aromatic carbocycles. The Balaban J connectivity index is 1.94. The van der Waals surface area contributed by atoms with Crippen LogP contribution < -0.4 is 4.72 Å². The van der Waals surface area contributed by atoms with Gasteiger partial charge >= 0.3 is 0 Å². The molecule has 144 valence electrons. The summed E-state index contributed by atoms with van der Waals surface area (Å²) in [4.78, 5) is 0.176. The first kappa shape index (κ1) is 19.1. The predicted octanol–water partition coefficient (Wildman–Crippen LogP) is 2.84. The number of benzene rings is 1. The van der Waals surface area contributed by atoms with Crippen molar-refractivity contribution in [2.24, 2.45) is 7.05 Å². The summed E-state index contributed by atoms with van der Waals surface area (Å²) in [6.45, 7) is 7.34. The van der Waals surface area contributed by atoms with Crippen molar-refractivity contribution in [3.63, 3.8) is 0 Å². The van der Waals surface area contributed by atoms with Crippen LogP contribution in [0.1, 0.15) is 28.3 Å². The zero-order chi connectivity index (χ0) is 19.9. The second kappa shape index (κ2) is 6.80. The van der Waals surface area contributed by atoms with Gasteiger partial charge in [-0.05, 0) is 45.4 Å². The molecule has 0 aliphatic rings. The first-order valence-corrected chi connectivity index (χ1v) is 9.90. The molecule has 1 N–H and O–H groups in total. The Labute approximate surface area is 157 Å². The van der Waals surface area contributed by atoms with Crippen molar-refractivity contribution in [3.05, 3.63) is 58.4 Å². The van der Waals surface area contributed by atoms with Crippen molar-refractivity contribution >= 4 is 15.7 Å². The molecular formula is C18H22FN5O2S. The van der Waals surface area contributed by atoms with Crippen LogP contribution in [0.15, 0.2) is 29.2 Å². The van der Waals surface area contributed by atoms with Crippen LogP contribution in [0.3, 0.4) is 0 Å². The van der Waals surface area contributed by atoms with E-state index in [9.17, 15) is 12.8 Å². The van der Waals surface area contributed by atoms with E-state index in [4.69, 9.17) is 0 Å². The number of hydrogen-bond acceptors (Lipinski definition) is 4. The summed E-state index contributed by atoms with van der Waals surface area (Å²) in [7, 11) is -2.09. The minimum Gasteiger partial charge on any atom is -0.276 e. The maximum absolute atomic E-state index is 13.1. The van der Waals surface area contributed by atoms with E-state index in [1.165, 1.54) is 12.1 Å². The zero-order valence-electron chi connectivity index (χ0n) is 15.9. The standard InChI is InChI=1S/C18H22FN5O2S/c1-11-17(22-27(25,26)18-12(2)20-23(5)14(18)4)13(3)24(21-11)10-15-6-8-16(19)9-7-15/h6-9,22H,10H2,1-5H3. The Kier molecular flexibility index (Phi) is 4.81. The normalized spacial score (nSPS) is 11.8. The van der Waals surface area contributed by atoms with Gasteiger partial charge in [-0.1, -0.05) is 12.1 Å². The van der Waals surface area contributed by atoms with Gasteiger partial charge in [0, 0.05) is 7.05 Å². The molecule has 27 heavy (non-hydrogen) atoms. The van der Waals surface area contributed by atoms with Gasteiger partial charge in [-0.3, -0.25) is 14.1 Å². The van der Waals surface area contributed by atoms with Crippen LogP contribution in [0, 0.1) is 33.5 Å². The molecule has 0 aliphatic heterocycles. The maximum atomic E-state index is 13.1. The van der Waals surface area contributed by atoms with E-state index in [0.29, 0.717) is 35.0 Å². The quantitative estimate of drug-likeness (QED) is 0.725. The van der Waals surface area contributed by atoms with E-state index in [0.717, 1.165) is 5.56 Å². The highest BCUT2D eigenvalue weighted by Crippen LogP contribution is 2.26. The molecule has 0 saturated heterocycles. The van der Waals surface area contributed by atoms with Gasteiger partial charge in [-0.2, -0.15) is 10.2 Å². The minimum absolute atomic E-state index is 0.176. The fourth-order valence-corrected chi connectivity index (χ4v) is 4.71. The second-order valence-electron chi connectivity index (χ2n) is 6.56. The Bertz CT molecular complexity index is 1100. The van der Waals surface area contributed by atoms with E-state index >= 15 is 0 Å². The Morgan fingerprint density at radius 1 is 1.00 bits per heavy atom. The molecule has 3 rings (SSSR count). The summed E-state index contributed by atoms with van der Waals surface area (Å²) in [5, 5.41) is 8.61. The summed E-state index contributed by atoms with van der Waals surface area (Å²) in [6.07, 6.45) is 0. The molecule has 0 aliphatic carbocycles. The summed E-state index contributed by atoms with van der Waals surface area (Å²) in [5.74, 6) is -0.303. The van der Waals surface area contributed by atoms with Gasteiger partial charge < -0.3 is 0 Å². The molecule has 0 saturated carbocycles. The van der Waals surface area contributed by atoms with Crippen LogP contribution in [0.4, 0.5) is 10.1 Å². The van der Waals surface area contributed by atoms with Crippen LogP contribution in [0.25, 0.3) is 0 Å². The lowest BCUT2D eigenvalue weighted by molar-refractivity contribution is 0.599. The average molecular weight is 391 g/mol.